The first-order chi connectivity index (χ1) is 8.53. The van der Waals surface area contributed by atoms with Crippen molar-refractivity contribution in [1.29, 1.82) is 0 Å². The van der Waals surface area contributed by atoms with Gasteiger partial charge in [-0.2, -0.15) is 11.8 Å². The molecule has 0 aliphatic carbocycles. The molecular weight excluding hydrogens is 248 g/mol. The topological polar surface area (TPSA) is 63.0 Å². The van der Waals surface area contributed by atoms with Crippen LogP contribution in [-0.4, -0.2) is 33.3 Å². The highest BCUT2D eigenvalue weighted by Gasteiger charge is 2.17. The van der Waals surface area contributed by atoms with E-state index < -0.39 is 0 Å². The lowest BCUT2D eigenvalue weighted by molar-refractivity contribution is 0.383. The second-order valence-corrected chi connectivity index (χ2v) is 6.81. The van der Waals surface area contributed by atoms with Gasteiger partial charge in [0.25, 0.3) is 0 Å². The average Bonchev–Trinajstić information content (AvgIpc) is 2.75. The highest BCUT2D eigenvalue weighted by molar-refractivity contribution is 7.99. The Labute approximate surface area is 112 Å². The molecule has 18 heavy (non-hydrogen) atoms. The number of hydrogen-bond acceptors (Lipinski definition) is 6. The van der Waals surface area contributed by atoms with Crippen molar-refractivity contribution in [2.75, 3.05) is 16.8 Å². The van der Waals surface area contributed by atoms with Crippen molar-refractivity contribution in [2.45, 2.75) is 51.7 Å². The number of thioether (sulfide) groups is 1. The third-order valence-corrected chi connectivity index (χ3v) is 3.94. The molecule has 1 atom stereocenters. The van der Waals surface area contributed by atoms with Gasteiger partial charge >= 0.3 is 6.01 Å². The minimum absolute atomic E-state index is 0.0576. The molecule has 1 aliphatic heterocycles. The molecule has 2 rings (SSSR count). The molecule has 0 bridgehead atoms. The Hall–Kier alpha value is -0.750. The van der Waals surface area contributed by atoms with Gasteiger partial charge in [0.15, 0.2) is 0 Å². The normalized spacial score (nSPS) is 20.9. The van der Waals surface area contributed by atoms with Gasteiger partial charge in [-0.1, -0.05) is 5.10 Å². The van der Waals surface area contributed by atoms with Crippen LogP contribution in [0.3, 0.4) is 0 Å². The van der Waals surface area contributed by atoms with Crippen LogP contribution in [-0.2, 0) is 6.54 Å². The van der Waals surface area contributed by atoms with E-state index in [1.54, 1.807) is 0 Å². The maximum absolute atomic E-state index is 5.58. The SMILES string of the molecule is CC(C)(C)NCc1nnc(NC2CCCSC2)o1. The van der Waals surface area contributed by atoms with Crippen molar-refractivity contribution in [3.05, 3.63) is 5.89 Å². The van der Waals surface area contributed by atoms with E-state index in [0.29, 0.717) is 24.5 Å². The second-order valence-electron chi connectivity index (χ2n) is 5.66. The fraction of sp³-hybridized carbons (Fsp3) is 0.833. The van der Waals surface area contributed by atoms with Crippen LogP contribution in [0.5, 0.6) is 0 Å². The van der Waals surface area contributed by atoms with E-state index in [9.17, 15) is 0 Å². The zero-order valence-corrected chi connectivity index (χ0v) is 12.1. The van der Waals surface area contributed by atoms with Gasteiger partial charge in [-0.05, 0) is 39.4 Å². The summed E-state index contributed by atoms with van der Waals surface area (Å²) in [5.41, 5.74) is 0.0576. The minimum Gasteiger partial charge on any atom is -0.407 e. The van der Waals surface area contributed by atoms with E-state index in [0.717, 1.165) is 5.75 Å². The van der Waals surface area contributed by atoms with E-state index in [2.05, 4.69) is 41.6 Å². The average molecular weight is 270 g/mol. The first-order valence-corrected chi connectivity index (χ1v) is 7.60. The van der Waals surface area contributed by atoms with Gasteiger partial charge in [-0.15, -0.1) is 5.10 Å². The first kappa shape index (κ1) is 13.7. The smallest absolute Gasteiger partial charge is 0.315 e. The quantitative estimate of drug-likeness (QED) is 0.875. The fourth-order valence-electron chi connectivity index (χ4n) is 1.75. The predicted molar refractivity (Wildman–Crippen MR) is 74.9 cm³/mol. The summed E-state index contributed by atoms with van der Waals surface area (Å²) < 4.78 is 5.58. The molecule has 1 fully saturated rings. The van der Waals surface area contributed by atoms with Crippen molar-refractivity contribution in [3.63, 3.8) is 0 Å². The summed E-state index contributed by atoms with van der Waals surface area (Å²) >= 11 is 1.98. The number of nitrogens with zero attached hydrogens (tertiary/aromatic N) is 2. The molecule has 6 heteroatoms. The van der Waals surface area contributed by atoms with Gasteiger partial charge in [0.2, 0.25) is 5.89 Å². The molecular formula is C12H22N4OS. The molecule has 1 unspecified atom stereocenters. The fourth-order valence-corrected chi connectivity index (χ4v) is 2.83. The molecule has 1 saturated heterocycles. The van der Waals surface area contributed by atoms with Crippen LogP contribution >= 0.6 is 11.8 Å². The van der Waals surface area contributed by atoms with E-state index in [-0.39, 0.29) is 5.54 Å². The third kappa shape index (κ3) is 4.49. The Morgan fingerprint density at radius 1 is 1.39 bits per heavy atom. The van der Waals surface area contributed by atoms with Crippen molar-refractivity contribution >= 4 is 17.8 Å². The second kappa shape index (κ2) is 5.93. The maximum Gasteiger partial charge on any atom is 0.315 e. The third-order valence-electron chi connectivity index (χ3n) is 2.72. The summed E-state index contributed by atoms with van der Waals surface area (Å²) in [4.78, 5) is 0. The van der Waals surface area contributed by atoms with E-state index in [1.165, 1.54) is 18.6 Å². The van der Waals surface area contributed by atoms with Crippen LogP contribution in [0.4, 0.5) is 6.01 Å². The molecule has 0 amide bonds. The van der Waals surface area contributed by atoms with Gasteiger partial charge in [0, 0.05) is 17.3 Å². The molecule has 0 spiro atoms. The Morgan fingerprint density at radius 2 is 2.22 bits per heavy atom. The highest BCUT2D eigenvalue weighted by Crippen LogP contribution is 2.20. The molecule has 0 radical (unpaired) electrons. The van der Waals surface area contributed by atoms with Crippen LogP contribution in [0.1, 0.15) is 39.5 Å². The molecule has 2 heterocycles. The van der Waals surface area contributed by atoms with E-state index >= 15 is 0 Å². The number of nitrogens with one attached hydrogen (secondary N) is 2. The monoisotopic (exact) mass is 270 g/mol. The van der Waals surface area contributed by atoms with Crippen molar-refractivity contribution in [2.24, 2.45) is 0 Å². The highest BCUT2D eigenvalue weighted by atomic mass is 32.2. The zero-order chi connectivity index (χ0) is 13.0. The van der Waals surface area contributed by atoms with Crippen LogP contribution < -0.4 is 10.6 Å². The maximum atomic E-state index is 5.58. The van der Waals surface area contributed by atoms with E-state index in [4.69, 9.17) is 4.42 Å². The lowest BCUT2D eigenvalue weighted by Gasteiger charge is -2.21. The molecule has 1 aromatic heterocycles. The van der Waals surface area contributed by atoms with Crippen LogP contribution in [0.25, 0.3) is 0 Å². The first-order valence-electron chi connectivity index (χ1n) is 6.45. The van der Waals surface area contributed by atoms with Gasteiger partial charge in [0.1, 0.15) is 0 Å². The Morgan fingerprint density at radius 3 is 2.89 bits per heavy atom. The molecule has 5 nitrogen and oxygen atoms in total. The number of hydrogen-bond donors (Lipinski definition) is 2. The van der Waals surface area contributed by atoms with E-state index in [1.807, 2.05) is 11.8 Å². The summed E-state index contributed by atoms with van der Waals surface area (Å²) in [6, 6.07) is 1.01. The largest absolute Gasteiger partial charge is 0.407 e. The van der Waals surface area contributed by atoms with Gasteiger partial charge < -0.3 is 15.1 Å². The van der Waals surface area contributed by atoms with Crippen LogP contribution in [0.15, 0.2) is 4.42 Å². The van der Waals surface area contributed by atoms with Crippen molar-refractivity contribution in [1.82, 2.24) is 15.5 Å². The summed E-state index contributed by atoms with van der Waals surface area (Å²) in [5.74, 6) is 3.02. The number of rotatable bonds is 4. The summed E-state index contributed by atoms with van der Waals surface area (Å²) in [6.07, 6.45) is 2.44. The lowest BCUT2D eigenvalue weighted by Crippen LogP contribution is -2.35. The molecule has 102 valence electrons. The molecule has 0 saturated carbocycles. The van der Waals surface area contributed by atoms with Crippen LogP contribution in [0, 0.1) is 0 Å². The standard InChI is InChI=1S/C12H22N4OS/c1-12(2,3)13-7-10-15-16-11(17-10)14-9-5-4-6-18-8-9/h9,13H,4-8H2,1-3H3,(H,14,16). The molecule has 0 aromatic carbocycles. The summed E-state index contributed by atoms with van der Waals surface area (Å²) in [5, 5.41) is 14.7. The molecule has 1 aromatic rings. The Bertz CT molecular complexity index is 368. The zero-order valence-electron chi connectivity index (χ0n) is 11.3. The Balaban J connectivity index is 1.82. The van der Waals surface area contributed by atoms with Gasteiger partial charge in [0.05, 0.1) is 6.54 Å². The van der Waals surface area contributed by atoms with Gasteiger partial charge in [-0.3, -0.25) is 0 Å². The molecule has 2 N–H and O–H groups in total. The predicted octanol–water partition coefficient (Wildman–Crippen LogP) is 2.27. The van der Waals surface area contributed by atoms with Crippen molar-refractivity contribution < 1.29 is 4.42 Å². The van der Waals surface area contributed by atoms with Gasteiger partial charge in [-0.25, -0.2) is 0 Å². The lowest BCUT2D eigenvalue weighted by atomic mass is 10.1. The Kier molecular flexibility index (Phi) is 4.50. The van der Waals surface area contributed by atoms with Crippen LogP contribution in [0.2, 0.25) is 0 Å². The number of aromatic nitrogens is 2. The number of anilines is 1. The van der Waals surface area contributed by atoms with Crippen molar-refractivity contribution in [3.8, 4) is 0 Å². The molecule has 1 aliphatic rings. The summed E-state index contributed by atoms with van der Waals surface area (Å²) in [7, 11) is 0. The summed E-state index contributed by atoms with van der Waals surface area (Å²) in [6.45, 7) is 6.95. The minimum atomic E-state index is 0.0576.